The molecule has 0 spiro atoms. The molecule has 3 aromatic carbocycles. The second-order valence-corrected chi connectivity index (χ2v) is 7.57. The molecule has 2 amide bonds. The number of anilines is 2. The molecular formula is C25H21N3O3. The highest BCUT2D eigenvalue weighted by Gasteiger charge is 2.24. The van der Waals surface area contributed by atoms with E-state index in [2.05, 4.69) is 10.6 Å². The van der Waals surface area contributed by atoms with Gasteiger partial charge in [-0.25, -0.2) is 0 Å². The smallest absolute Gasteiger partial charge is 0.272 e. The van der Waals surface area contributed by atoms with Crippen molar-refractivity contribution in [2.24, 2.45) is 0 Å². The average molecular weight is 411 g/mol. The normalized spacial score (nSPS) is 15.1. The number of nitrogens with one attached hydrogen (secondary N) is 2. The Kier molecular flexibility index (Phi) is 4.67. The van der Waals surface area contributed by atoms with Crippen molar-refractivity contribution in [1.29, 1.82) is 0 Å². The van der Waals surface area contributed by atoms with E-state index in [1.807, 2.05) is 65.2 Å². The predicted octanol–water partition coefficient (Wildman–Crippen LogP) is 4.66. The molecule has 1 aliphatic rings. The van der Waals surface area contributed by atoms with Crippen molar-refractivity contribution in [3.05, 3.63) is 90.1 Å². The summed E-state index contributed by atoms with van der Waals surface area (Å²) in [5.41, 5.74) is 3.80. The quantitative estimate of drug-likeness (QED) is 0.513. The Morgan fingerprint density at radius 3 is 2.65 bits per heavy atom. The molecule has 0 saturated heterocycles. The van der Waals surface area contributed by atoms with Crippen LogP contribution in [0.15, 0.2) is 78.9 Å². The molecule has 6 heteroatoms. The van der Waals surface area contributed by atoms with Crippen LogP contribution in [0.25, 0.3) is 10.9 Å². The Morgan fingerprint density at radius 1 is 1.03 bits per heavy atom. The molecule has 1 atom stereocenters. The van der Waals surface area contributed by atoms with Crippen LogP contribution in [0.3, 0.4) is 0 Å². The summed E-state index contributed by atoms with van der Waals surface area (Å²) in [6.45, 7) is 2.28. The molecule has 6 nitrogen and oxygen atoms in total. The van der Waals surface area contributed by atoms with E-state index in [1.54, 1.807) is 25.1 Å². The number of carbonyl (C=O) groups is 2. The van der Waals surface area contributed by atoms with Crippen LogP contribution in [0, 0.1) is 0 Å². The summed E-state index contributed by atoms with van der Waals surface area (Å²) in [4.78, 5) is 25.1. The predicted molar refractivity (Wildman–Crippen MR) is 121 cm³/mol. The first-order chi connectivity index (χ1) is 15.1. The first-order valence-electron chi connectivity index (χ1n) is 10.1. The van der Waals surface area contributed by atoms with Crippen molar-refractivity contribution in [2.75, 3.05) is 10.6 Å². The minimum Gasteiger partial charge on any atom is -0.479 e. The monoisotopic (exact) mass is 411 g/mol. The number of amides is 2. The largest absolute Gasteiger partial charge is 0.479 e. The first kappa shape index (κ1) is 18.9. The lowest BCUT2D eigenvalue weighted by molar-refractivity contribution is -0.122. The third-order valence-corrected chi connectivity index (χ3v) is 5.39. The van der Waals surface area contributed by atoms with E-state index in [0.29, 0.717) is 29.4 Å². The van der Waals surface area contributed by atoms with Gasteiger partial charge in [0.25, 0.3) is 11.8 Å². The minimum atomic E-state index is -0.540. The van der Waals surface area contributed by atoms with E-state index >= 15 is 0 Å². The van der Waals surface area contributed by atoms with Gasteiger partial charge in [0.05, 0.1) is 5.69 Å². The number of benzene rings is 3. The summed E-state index contributed by atoms with van der Waals surface area (Å²) in [5.74, 6) is 0.158. The minimum absolute atomic E-state index is 0.209. The van der Waals surface area contributed by atoms with Gasteiger partial charge in [-0.3, -0.25) is 9.59 Å². The molecular weight excluding hydrogens is 390 g/mol. The Hall–Kier alpha value is -4.06. The van der Waals surface area contributed by atoms with E-state index in [4.69, 9.17) is 4.74 Å². The average Bonchev–Trinajstić information content (AvgIpc) is 3.14. The maximum atomic E-state index is 13.2. The second-order valence-electron chi connectivity index (χ2n) is 7.57. The maximum Gasteiger partial charge on any atom is 0.272 e. The van der Waals surface area contributed by atoms with Crippen LogP contribution in [-0.2, 0) is 11.3 Å². The Balaban J connectivity index is 1.47. The summed E-state index contributed by atoms with van der Waals surface area (Å²) < 4.78 is 7.60. The molecule has 0 saturated carbocycles. The number of aromatic nitrogens is 1. The topological polar surface area (TPSA) is 72.4 Å². The summed E-state index contributed by atoms with van der Waals surface area (Å²) in [6.07, 6.45) is -0.540. The van der Waals surface area contributed by atoms with Crippen LogP contribution in [0.5, 0.6) is 5.75 Å². The molecule has 0 bridgehead atoms. The van der Waals surface area contributed by atoms with Crippen LogP contribution in [0.4, 0.5) is 11.4 Å². The number of fused-ring (bicyclic) bond motifs is 2. The SMILES string of the molecule is CC1Oc2ccc(NC(=O)c3cc4ccccc4n3Cc3ccccc3)cc2NC1=O. The number of para-hydroxylation sites is 1. The van der Waals surface area contributed by atoms with Crippen molar-refractivity contribution in [3.8, 4) is 5.75 Å². The fourth-order valence-corrected chi connectivity index (χ4v) is 3.82. The third kappa shape index (κ3) is 3.64. The van der Waals surface area contributed by atoms with Gasteiger partial charge in [0.15, 0.2) is 6.10 Å². The fourth-order valence-electron chi connectivity index (χ4n) is 3.82. The van der Waals surface area contributed by atoms with E-state index in [0.717, 1.165) is 16.5 Å². The van der Waals surface area contributed by atoms with Crippen LogP contribution in [0.1, 0.15) is 23.0 Å². The number of ether oxygens (including phenoxy) is 1. The van der Waals surface area contributed by atoms with Crippen molar-refractivity contribution in [2.45, 2.75) is 19.6 Å². The maximum absolute atomic E-state index is 13.2. The van der Waals surface area contributed by atoms with Gasteiger partial charge in [-0.05, 0) is 42.8 Å². The summed E-state index contributed by atoms with van der Waals surface area (Å²) in [6, 6.07) is 25.1. The lowest BCUT2D eigenvalue weighted by Gasteiger charge is -2.23. The zero-order valence-corrected chi connectivity index (χ0v) is 17.0. The van der Waals surface area contributed by atoms with Gasteiger partial charge in [-0.15, -0.1) is 0 Å². The highest BCUT2D eigenvalue weighted by atomic mass is 16.5. The summed E-state index contributed by atoms with van der Waals surface area (Å²) in [7, 11) is 0. The summed E-state index contributed by atoms with van der Waals surface area (Å²) in [5, 5.41) is 6.77. The molecule has 154 valence electrons. The Morgan fingerprint density at radius 2 is 1.81 bits per heavy atom. The highest BCUT2D eigenvalue weighted by molar-refractivity contribution is 6.07. The lowest BCUT2D eigenvalue weighted by atomic mass is 10.2. The Bertz CT molecular complexity index is 1290. The molecule has 4 aromatic rings. The fraction of sp³-hybridized carbons (Fsp3) is 0.120. The van der Waals surface area contributed by atoms with E-state index in [1.165, 1.54) is 0 Å². The second kappa shape index (κ2) is 7.65. The third-order valence-electron chi connectivity index (χ3n) is 5.39. The van der Waals surface area contributed by atoms with Gasteiger partial charge in [0.1, 0.15) is 11.4 Å². The molecule has 2 heterocycles. The van der Waals surface area contributed by atoms with E-state index < -0.39 is 6.10 Å². The van der Waals surface area contributed by atoms with Gasteiger partial charge in [0.2, 0.25) is 0 Å². The van der Waals surface area contributed by atoms with Crippen molar-refractivity contribution in [1.82, 2.24) is 4.57 Å². The van der Waals surface area contributed by atoms with Crippen molar-refractivity contribution in [3.63, 3.8) is 0 Å². The zero-order chi connectivity index (χ0) is 21.4. The standard InChI is InChI=1S/C25H21N3O3/c1-16-24(29)27-20-14-19(11-12-23(20)31-16)26-25(30)22-13-18-9-5-6-10-21(18)28(22)15-17-7-3-2-4-8-17/h2-14,16H,15H2,1H3,(H,26,30)(H,27,29). The van der Waals surface area contributed by atoms with E-state index in [9.17, 15) is 9.59 Å². The highest BCUT2D eigenvalue weighted by Crippen LogP contribution is 2.32. The molecule has 0 fully saturated rings. The molecule has 1 aromatic heterocycles. The molecule has 31 heavy (non-hydrogen) atoms. The zero-order valence-electron chi connectivity index (χ0n) is 17.0. The van der Waals surface area contributed by atoms with Crippen molar-refractivity contribution < 1.29 is 14.3 Å². The van der Waals surface area contributed by atoms with Gasteiger partial charge in [0, 0.05) is 23.1 Å². The van der Waals surface area contributed by atoms with Gasteiger partial charge in [-0.2, -0.15) is 0 Å². The number of hydrogen-bond acceptors (Lipinski definition) is 3. The van der Waals surface area contributed by atoms with Gasteiger partial charge in [-0.1, -0.05) is 48.5 Å². The molecule has 0 aliphatic carbocycles. The Labute approximate surface area is 179 Å². The van der Waals surface area contributed by atoms with Gasteiger partial charge < -0.3 is 19.9 Å². The number of carbonyl (C=O) groups excluding carboxylic acids is 2. The lowest BCUT2D eigenvalue weighted by Crippen LogP contribution is -2.34. The molecule has 0 radical (unpaired) electrons. The van der Waals surface area contributed by atoms with Crippen molar-refractivity contribution >= 4 is 34.1 Å². The molecule has 1 unspecified atom stereocenters. The number of hydrogen-bond donors (Lipinski definition) is 2. The van der Waals surface area contributed by atoms with Crippen LogP contribution in [-0.4, -0.2) is 22.5 Å². The van der Waals surface area contributed by atoms with Crippen LogP contribution < -0.4 is 15.4 Å². The number of rotatable bonds is 4. The molecule has 5 rings (SSSR count). The van der Waals surface area contributed by atoms with Crippen LogP contribution in [0.2, 0.25) is 0 Å². The van der Waals surface area contributed by atoms with E-state index in [-0.39, 0.29) is 11.8 Å². The molecule has 1 aliphatic heterocycles. The van der Waals surface area contributed by atoms with Gasteiger partial charge >= 0.3 is 0 Å². The van der Waals surface area contributed by atoms with Crippen LogP contribution >= 0.6 is 0 Å². The number of nitrogens with zero attached hydrogens (tertiary/aromatic N) is 1. The summed E-state index contributed by atoms with van der Waals surface area (Å²) >= 11 is 0. The first-order valence-corrected chi connectivity index (χ1v) is 10.1. The molecule has 2 N–H and O–H groups in total.